The second-order valence-corrected chi connectivity index (χ2v) is 10.0. The molecule has 0 saturated heterocycles. The monoisotopic (exact) mass is 491 g/mol. The van der Waals surface area contributed by atoms with E-state index in [4.69, 9.17) is 16.6 Å². The summed E-state index contributed by atoms with van der Waals surface area (Å²) in [5, 5.41) is 4.03. The van der Waals surface area contributed by atoms with Gasteiger partial charge in [-0.1, -0.05) is 60.5 Å². The second kappa shape index (κ2) is 11.2. The molecule has 1 aromatic heterocycles. The van der Waals surface area contributed by atoms with Gasteiger partial charge in [-0.15, -0.1) is 0 Å². The lowest BCUT2D eigenvalue weighted by Gasteiger charge is -2.43. The number of hydrogen-bond donors (Lipinski definition) is 1. The van der Waals surface area contributed by atoms with E-state index >= 15 is 0 Å². The van der Waals surface area contributed by atoms with Crippen LogP contribution in [-0.2, 0) is 11.8 Å². The highest BCUT2D eigenvalue weighted by molar-refractivity contribution is 6.30. The predicted octanol–water partition coefficient (Wildman–Crippen LogP) is 4.89. The van der Waals surface area contributed by atoms with E-state index in [-0.39, 0.29) is 11.3 Å². The van der Waals surface area contributed by atoms with Crippen molar-refractivity contribution < 1.29 is 4.79 Å². The molecule has 0 spiro atoms. The van der Waals surface area contributed by atoms with Crippen LogP contribution in [0.15, 0.2) is 60.8 Å². The van der Waals surface area contributed by atoms with Crippen molar-refractivity contribution in [1.29, 1.82) is 0 Å². The number of aromatic nitrogens is 2. The SMILES string of the molecule is CN(C)CCNc1ncc(C(=O)N(C)CCc2ccccc2)c(C2(c3ccc(Cl)cc3)CCC2)n1. The number of halogens is 1. The number of carbonyl (C=O) groups excluding carboxylic acids is 1. The van der Waals surface area contributed by atoms with Crippen molar-refractivity contribution in [2.24, 2.45) is 0 Å². The standard InChI is InChI=1S/C28H34ClN5O/c1-33(2)19-17-30-27-31-20-24(26(35)34(3)18-14-21-8-5-4-6-9-21)25(32-27)28(15-7-16-28)22-10-12-23(29)13-11-22/h4-6,8-13,20H,7,14-19H2,1-3H3,(H,30,31,32). The first-order chi connectivity index (χ1) is 16.9. The maximum atomic E-state index is 13.7. The molecule has 1 N–H and O–H groups in total. The zero-order chi connectivity index (χ0) is 24.8. The fourth-order valence-corrected chi connectivity index (χ4v) is 4.72. The molecule has 1 amide bonds. The summed E-state index contributed by atoms with van der Waals surface area (Å²) in [6, 6.07) is 18.2. The molecule has 3 aromatic rings. The maximum absolute atomic E-state index is 13.7. The first-order valence-corrected chi connectivity index (χ1v) is 12.6. The number of carbonyl (C=O) groups is 1. The van der Waals surface area contributed by atoms with Crippen molar-refractivity contribution in [3.63, 3.8) is 0 Å². The fourth-order valence-electron chi connectivity index (χ4n) is 4.59. The summed E-state index contributed by atoms with van der Waals surface area (Å²) in [5.74, 6) is 0.515. The molecule has 35 heavy (non-hydrogen) atoms. The minimum atomic E-state index is -0.309. The molecule has 1 fully saturated rings. The van der Waals surface area contributed by atoms with Crippen LogP contribution in [-0.4, -0.2) is 66.5 Å². The van der Waals surface area contributed by atoms with E-state index < -0.39 is 0 Å². The van der Waals surface area contributed by atoms with Crippen LogP contribution in [0.1, 0.15) is 46.4 Å². The molecule has 0 aliphatic heterocycles. The van der Waals surface area contributed by atoms with Gasteiger partial charge < -0.3 is 15.1 Å². The summed E-state index contributed by atoms with van der Waals surface area (Å²) < 4.78 is 0. The Bertz CT molecular complexity index is 1130. The lowest BCUT2D eigenvalue weighted by molar-refractivity contribution is 0.0791. The summed E-state index contributed by atoms with van der Waals surface area (Å²) in [5.41, 5.74) is 3.43. The lowest BCUT2D eigenvalue weighted by Crippen LogP contribution is -2.40. The third-order valence-electron chi connectivity index (χ3n) is 6.84. The quantitative estimate of drug-likeness (QED) is 0.437. The number of nitrogens with one attached hydrogen (secondary N) is 1. The molecule has 2 aromatic carbocycles. The highest BCUT2D eigenvalue weighted by Crippen LogP contribution is 2.49. The van der Waals surface area contributed by atoms with Crippen molar-refractivity contribution >= 4 is 23.5 Å². The van der Waals surface area contributed by atoms with Crippen molar-refractivity contribution in [1.82, 2.24) is 19.8 Å². The van der Waals surface area contributed by atoms with Gasteiger partial charge in [-0.25, -0.2) is 9.97 Å². The smallest absolute Gasteiger partial charge is 0.257 e. The number of likely N-dealkylation sites (N-methyl/N-ethyl adjacent to an activating group) is 2. The molecule has 1 saturated carbocycles. The summed E-state index contributed by atoms with van der Waals surface area (Å²) in [7, 11) is 5.92. The Labute approximate surface area is 213 Å². The molecule has 0 radical (unpaired) electrons. The van der Waals surface area contributed by atoms with Crippen molar-refractivity contribution in [3.8, 4) is 0 Å². The van der Waals surface area contributed by atoms with E-state index in [0.29, 0.717) is 23.1 Å². The van der Waals surface area contributed by atoms with Gasteiger partial charge in [0.2, 0.25) is 5.95 Å². The van der Waals surface area contributed by atoms with Gasteiger partial charge >= 0.3 is 0 Å². The molecular weight excluding hydrogens is 458 g/mol. The number of rotatable bonds is 10. The Balaban J connectivity index is 1.65. The zero-order valence-corrected chi connectivity index (χ0v) is 21.6. The first kappa shape index (κ1) is 25.1. The number of anilines is 1. The van der Waals surface area contributed by atoms with Crippen LogP contribution in [0.5, 0.6) is 0 Å². The van der Waals surface area contributed by atoms with Gasteiger partial charge in [0.1, 0.15) is 0 Å². The van der Waals surface area contributed by atoms with Crippen molar-refractivity contribution in [2.45, 2.75) is 31.1 Å². The topological polar surface area (TPSA) is 61.4 Å². The molecule has 1 aliphatic rings. The Hall–Kier alpha value is -2.96. The van der Waals surface area contributed by atoms with E-state index in [2.05, 4.69) is 39.5 Å². The van der Waals surface area contributed by atoms with Crippen LogP contribution in [0.4, 0.5) is 5.95 Å². The Morgan fingerprint density at radius 2 is 1.74 bits per heavy atom. The molecule has 0 bridgehead atoms. The normalized spacial score (nSPS) is 14.4. The molecule has 4 rings (SSSR count). The van der Waals surface area contributed by atoms with Gasteiger partial charge in [-0.3, -0.25) is 4.79 Å². The minimum Gasteiger partial charge on any atom is -0.353 e. The molecule has 0 atom stereocenters. The molecular formula is C28H34ClN5O. The van der Waals surface area contributed by atoms with Crippen LogP contribution in [0.2, 0.25) is 5.02 Å². The average molecular weight is 492 g/mol. The Kier molecular flexibility index (Phi) is 8.04. The fraction of sp³-hybridized carbons (Fsp3) is 0.393. The largest absolute Gasteiger partial charge is 0.353 e. The summed E-state index contributed by atoms with van der Waals surface area (Å²) in [6.45, 7) is 2.22. The van der Waals surface area contributed by atoms with E-state index in [1.165, 1.54) is 5.56 Å². The van der Waals surface area contributed by atoms with E-state index in [9.17, 15) is 4.79 Å². The number of benzene rings is 2. The lowest BCUT2D eigenvalue weighted by atomic mass is 9.61. The highest BCUT2D eigenvalue weighted by atomic mass is 35.5. The van der Waals surface area contributed by atoms with Gasteiger partial charge in [0, 0.05) is 43.3 Å². The highest BCUT2D eigenvalue weighted by Gasteiger charge is 2.44. The average Bonchev–Trinajstić information content (AvgIpc) is 2.83. The van der Waals surface area contributed by atoms with E-state index in [0.717, 1.165) is 50.0 Å². The van der Waals surface area contributed by atoms with Gasteiger partial charge in [0.15, 0.2) is 0 Å². The zero-order valence-electron chi connectivity index (χ0n) is 20.8. The number of nitrogens with zero attached hydrogens (tertiary/aromatic N) is 4. The van der Waals surface area contributed by atoms with Crippen molar-refractivity contribution in [2.75, 3.05) is 46.1 Å². The minimum absolute atomic E-state index is 0.0454. The van der Waals surface area contributed by atoms with E-state index in [1.807, 2.05) is 51.5 Å². The summed E-state index contributed by atoms with van der Waals surface area (Å²) in [6.07, 6.45) is 5.48. The third kappa shape index (κ3) is 5.82. The molecule has 7 heteroatoms. The van der Waals surface area contributed by atoms with Crippen LogP contribution in [0.3, 0.4) is 0 Å². The van der Waals surface area contributed by atoms with Crippen LogP contribution in [0.25, 0.3) is 0 Å². The van der Waals surface area contributed by atoms with Gasteiger partial charge in [0.05, 0.1) is 11.3 Å². The number of hydrogen-bond acceptors (Lipinski definition) is 5. The third-order valence-corrected chi connectivity index (χ3v) is 7.10. The number of amides is 1. The van der Waals surface area contributed by atoms with E-state index in [1.54, 1.807) is 11.1 Å². The first-order valence-electron chi connectivity index (χ1n) is 12.2. The van der Waals surface area contributed by atoms with Crippen LogP contribution >= 0.6 is 11.6 Å². The van der Waals surface area contributed by atoms with Gasteiger partial charge in [-0.2, -0.15) is 0 Å². The summed E-state index contributed by atoms with van der Waals surface area (Å²) >= 11 is 6.19. The second-order valence-electron chi connectivity index (χ2n) is 9.59. The Morgan fingerprint density at radius 1 is 1.03 bits per heavy atom. The molecule has 6 nitrogen and oxygen atoms in total. The molecule has 1 aliphatic carbocycles. The Morgan fingerprint density at radius 3 is 2.37 bits per heavy atom. The molecule has 0 unspecified atom stereocenters. The maximum Gasteiger partial charge on any atom is 0.257 e. The van der Waals surface area contributed by atoms with Crippen molar-refractivity contribution in [3.05, 3.63) is 88.2 Å². The molecule has 1 heterocycles. The summed E-state index contributed by atoms with van der Waals surface area (Å²) in [4.78, 5) is 27.0. The predicted molar refractivity (Wildman–Crippen MR) is 142 cm³/mol. The van der Waals surface area contributed by atoms with Crippen LogP contribution < -0.4 is 5.32 Å². The van der Waals surface area contributed by atoms with Crippen LogP contribution in [0, 0.1) is 0 Å². The van der Waals surface area contributed by atoms with Gasteiger partial charge in [0.25, 0.3) is 5.91 Å². The van der Waals surface area contributed by atoms with Gasteiger partial charge in [-0.05, 0) is 56.6 Å². The molecule has 184 valence electrons.